The Hall–Kier alpha value is -0.420. The van der Waals surface area contributed by atoms with E-state index in [1.165, 1.54) is 11.8 Å². The van der Waals surface area contributed by atoms with Crippen LogP contribution < -0.4 is 11.1 Å². The zero-order valence-electron chi connectivity index (χ0n) is 11.3. The van der Waals surface area contributed by atoms with E-state index >= 15 is 0 Å². The summed E-state index contributed by atoms with van der Waals surface area (Å²) in [6, 6.07) is 7.50. The number of hydrogen-bond acceptors (Lipinski definition) is 3. The molecule has 1 atom stereocenters. The van der Waals surface area contributed by atoms with Gasteiger partial charge < -0.3 is 11.1 Å². The minimum absolute atomic E-state index is 0. The SMILES string of the molecule is CC(Sc1ccccc1Cl)C(=O)NC(C)(C)CN.Cl. The average molecular weight is 323 g/mol. The molecule has 1 aromatic rings. The lowest BCUT2D eigenvalue weighted by atomic mass is 10.1. The third kappa shape index (κ3) is 6.04. The van der Waals surface area contributed by atoms with Crippen LogP contribution in [0.3, 0.4) is 0 Å². The summed E-state index contributed by atoms with van der Waals surface area (Å²) in [5.74, 6) is -0.0321. The molecule has 3 N–H and O–H groups in total. The van der Waals surface area contributed by atoms with E-state index in [4.69, 9.17) is 17.3 Å². The molecule has 19 heavy (non-hydrogen) atoms. The smallest absolute Gasteiger partial charge is 0.233 e. The standard InChI is InChI=1S/C13H19ClN2OS.ClH/c1-9(12(17)16-13(2,3)8-15)18-11-7-5-4-6-10(11)14;/h4-7,9H,8,15H2,1-3H3,(H,16,17);1H. The van der Waals surface area contributed by atoms with Crippen molar-refractivity contribution < 1.29 is 4.79 Å². The Balaban J connectivity index is 0.00000324. The molecule has 0 aliphatic heterocycles. The predicted octanol–water partition coefficient (Wildman–Crippen LogP) is 3.10. The number of rotatable bonds is 5. The Morgan fingerprint density at radius 2 is 2.05 bits per heavy atom. The average Bonchev–Trinajstić information content (AvgIpc) is 2.31. The van der Waals surface area contributed by atoms with Crippen LogP contribution in [0, 0.1) is 0 Å². The second-order valence-electron chi connectivity index (χ2n) is 4.77. The van der Waals surface area contributed by atoms with E-state index in [0.717, 1.165) is 4.90 Å². The first kappa shape index (κ1) is 18.6. The van der Waals surface area contributed by atoms with Gasteiger partial charge in [0.2, 0.25) is 5.91 Å². The van der Waals surface area contributed by atoms with Crippen LogP contribution in [0.4, 0.5) is 0 Å². The lowest BCUT2D eigenvalue weighted by Crippen LogP contribution is -2.51. The second kappa shape index (κ2) is 8.00. The van der Waals surface area contributed by atoms with E-state index in [1.807, 2.05) is 45.0 Å². The molecule has 1 aromatic carbocycles. The van der Waals surface area contributed by atoms with Gasteiger partial charge in [0.05, 0.1) is 10.3 Å². The van der Waals surface area contributed by atoms with E-state index in [0.29, 0.717) is 11.6 Å². The number of carbonyl (C=O) groups excluding carboxylic acids is 1. The first-order chi connectivity index (χ1) is 8.35. The molecule has 3 nitrogen and oxygen atoms in total. The Morgan fingerprint density at radius 1 is 1.47 bits per heavy atom. The number of halogens is 2. The second-order valence-corrected chi connectivity index (χ2v) is 6.56. The van der Waals surface area contributed by atoms with Crippen molar-refractivity contribution in [2.45, 2.75) is 36.5 Å². The summed E-state index contributed by atoms with van der Waals surface area (Å²) in [4.78, 5) is 12.9. The number of nitrogens with one attached hydrogen (secondary N) is 1. The Morgan fingerprint density at radius 3 is 2.58 bits per heavy atom. The summed E-state index contributed by atoms with van der Waals surface area (Å²) >= 11 is 7.51. The summed E-state index contributed by atoms with van der Waals surface area (Å²) in [7, 11) is 0. The highest BCUT2D eigenvalue weighted by atomic mass is 35.5. The maximum absolute atomic E-state index is 12.0. The van der Waals surface area contributed by atoms with Crippen molar-refractivity contribution >= 4 is 41.7 Å². The summed E-state index contributed by atoms with van der Waals surface area (Å²) in [5, 5.41) is 3.37. The molecule has 1 amide bonds. The molecule has 0 fully saturated rings. The molecule has 0 saturated carbocycles. The van der Waals surface area contributed by atoms with E-state index in [2.05, 4.69) is 5.32 Å². The van der Waals surface area contributed by atoms with Gasteiger partial charge in [0, 0.05) is 17.0 Å². The van der Waals surface area contributed by atoms with Crippen LogP contribution in [0.25, 0.3) is 0 Å². The minimum atomic E-state index is -0.383. The third-order valence-corrected chi connectivity index (χ3v) is 4.10. The molecule has 1 rings (SSSR count). The van der Waals surface area contributed by atoms with Gasteiger partial charge >= 0.3 is 0 Å². The normalized spacial score (nSPS) is 12.5. The number of benzene rings is 1. The molecule has 6 heteroatoms. The molecule has 0 aromatic heterocycles. The fourth-order valence-corrected chi connectivity index (χ4v) is 2.42. The molecule has 0 saturated heterocycles. The maximum Gasteiger partial charge on any atom is 0.233 e. The van der Waals surface area contributed by atoms with Gasteiger partial charge in [-0.1, -0.05) is 23.7 Å². The number of amides is 1. The molecule has 0 spiro atoms. The predicted molar refractivity (Wildman–Crippen MR) is 85.3 cm³/mol. The molecule has 0 bridgehead atoms. The van der Waals surface area contributed by atoms with E-state index < -0.39 is 0 Å². The lowest BCUT2D eigenvalue weighted by Gasteiger charge is -2.26. The van der Waals surface area contributed by atoms with Gasteiger partial charge in [0.25, 0.3) is 0 Å². The highest BCUT2D eigenvalue weighted by Gasteiger charge is 2.23. The molecule has 108 valence electrons. The highest BCUT2D eigenvalue weighted by Crippen LogP contribution is 2.30. The van der Waals surface area contributed by atoms with Crippen LogP contribution in [0.5, 0.6) is 0 Å². The highest BCUT2D eigenvalue weighted by molar-refractivity contribution is 8.00. The monoisotopic (exact) mass is 322 g/mol. The fraction of sp³-hybridized carbons (Fsp3) is 0.462. The molecule has 0 aliphatic rings. The molecule has 0 heterocycles. The van der Waals surface area contributed by atoms with Gasteiger partial charge in [-0.3, -0.25) is 4.79 Å². The van der Waals surface area contributed by atoms with Gasteiger partial charge in [0.1, 0.15) is 0 Å². The number of carbonyl (C=O) groups is 1. The van der Waals surface area contributed by atoms with Crippen molar-refractivity contribution in [1.29, 1.82) is 0 Å². The van der Waals surface area contributed by atoms with Crippen molar-refractivity contribution in [1.82, 2.24) is 5.32 Å². The quantitative estimate of drug-likeness (QED) is 0.819. The van der Waals surface area contributed by atoms with Gasteiger partial charge in [-0.2, -0.15) is 0 Å². The van der Waals surface area contributed by atoms with Crippen molar-refractivity contribution in [3.05, 3.63) is 29.3 Å². The molecular formula is C13H20Cl2N2OS. The van der Waals surface area contributed by atoms with Crippen molar-refractivity contribution in [3.63, 3.8) is 0 Å². The van der Waals surface area contributed by atoms with E-state index in [1.54, 1.807) is 0 Å². The largest absolute Gasteiger partial charge is 0.349 e. The molecule has 1 unspecified atom stereocenters. The first-order valence-corrected chi connectivity index (χ1v) is 7.05. The van der Waals surface area contributed by atoms with Crippen LogP contribution in [0.2, 0.25) is 5.02 Å². The van der Waals surface area contributed by atoms with Crippen LogP contribution in [0.15, 0.2) is 29.2 Å². The van der Waals surface area contributed by atoms with Crippen molar-refractivity contribution in [2.75, 3.05) is 6.54 Å². The summed E-state index contributed by atoms with van der Waals surface area (Å²) < 4.78 is 0. The van der Waals surface area contributed by atoms with Gasteiger partial charge in [-0.25, -0.2) is 0 Å². The van der Waals surface area contributed by atoms with Crippen molar-refractivity contribution in [3.8, 4) is 0 Å². The fourth-order valence-electron chi connectivity index (χ4n) is 1.27. The van der Waals surface area contributed by atoms with Gasteiger partial charge in [0.15, 0.2) is 0 Å². The summed E-state index contributed by atoms with van der Waals surface area (Å²) in [6.07, 6.45) is 0. The lowest BCUT2D eigenvalue weighted by molar-refractivity contribution is -0.121. The van der Waals surface area contributed by atoms with Crippen molar-refractivity contribution in [2.24, 2.45) is 5.73 Å². The zero-order chi connectivity index (χ0) is 13.8. The Labute approximate surface area is 130 Å². The summed E-state index contributed by atoms with van der Waals surface area (Å²) in [5.41, 5.74) is 5.21. The molecule has 0 radical (unpaired) electrons. The van der Waals surface area contributed by atoms with Crippen LogP contribution >= 0.6 is 35.8 Å². The number of hydrogen-bond donors (Lipinski definition) is 2. The Bertz CT molecular complexity index is 427. The number of nitrogens with two attached hydrogens (primary N) is 1. The molecular weight excluding hydrogens is 303 g/mol. The third-order valence-electron chi connectivity index (χ3n) is 2.48. The number of thioether (sulfide) groups is 1. The van der Waals surface area contributed by atoms with Gasteiger partial charge in [-0.15, -0.1) is 24.2 Å². The Kier molecular flexibility index (Phi) is 7.82. The van der Waals surface area contributed by atoms with Crippen LogP contribution in [-0.4, -0.2) is 23.2 Å². The topological polar surface area (TPSA) is 55.1 Å². The molecule has 0 aliphatic carbocycles. The van der Waals surface area contributed by atoms with Crippen LogP contribution in [0.1, 0.15) is 20.8 Å². The summed E-state index contributed by atoms with van der Waals surface area (Å²) in [6.45, 7) is 6.06. The van der Waals surface area contributed by atoms with E-state index in [-0.39, 0.29) is 29.1 Å². The maximum atomic E-state index is 12.0. The minimum Gasteiger partial charge on any atom is -0.349 e. The van der Waals surface area contributed by atoms with Gasteiger partial charge in [-0.05, 0) is 32.9 Å². The zero-order valence-corrected chi connectivity index (χ0v) is 13.7. The van der Waals surface area contributed by atoms with Crippen LogP contribution in [-0.2, 0) is 4.79 Å². The first-order valence-electron chi connectivity index (χ1n) is 5.79. The van der Waals surface area contributed by atoms with E-state index in [9.17, 15) is 4.79 Å².